The standard InChI is InChI=1S/C21H21NO2/c1-13(23)14-9-10-20-19(12-14)17-7-4-8-18(17)21(22-20)15-5-3-6-16(11-15)24-2/h3-7,9-12,17-18,21-22H,8H2,1-2H3. The molecule has 4 rings (SSSR count). The highest BCUT2D eigenvalue weighted by molar-refractivity contribution is 5.95. The van der Waals surface area contributed by atoms with E-state index in [-0.39, 0.29) is 11.8 Å². The fourth-order valence-corrected chi connectivity index (χ4v) is 3.98. The molecule has 24 heavy (non-hydrogen) atoms. The summed E-state index contributed by atoms with van der Waals surface area (Å²) in [4.78, 5) is 11.7. The van der Waals surface area contributed by atoms with Gasteiger partial charge in [-0.25, -0.2) is 0 Å². The smallest absolute Gasteiger partial charge is 0.159 e. The van der Waals surface area contributed by atoms with Crippen LogP contribution in [0, 0.1) is 5.92 Å². The molecule has 3 nitrogen and oxygen atoms in total. The number of methoxy groups -OCH3 is 1. The van der Waals surface area contributed by atoms with E-state index in [4.69, 9.17) is 4.74 Å². The average molecular weight is 319 g/mol. The highest BCUT2D eigenvalue weighted by Gasteiger charge is 2.38. The van der Waals surface area contributed by atoms with Gasteiger partial charge in [0.1, 0.15) is 5.75 Å². The summed E-state index contributed by atoms with van der Waals surface area (Å²) < 4.78 is 5.39. The van der Waals surface area contributed by atoms with Crippen molar-refractivity contribution in [3.05, 3.63) is 71.3 Å². The minimum Gasteiger partial charge on any atom is -0.497 e. The Morgan fingerprint density at radius 3 is 2.88 bits per heavy atom. The molecule has 1 aliphatic heterocycles. The van der Waals surface area contributed by atoms with E-state index in [1.54, 1.807) is 14.0 Å². The molecule has 1 aliphatic carbocycles. The van der Waals surface area contributed by atoms with Gasteiger partial charge in [-0.1, -0.05) is 24.3 Å². The van der Waals surface area contributed by atoms with Crippen molar-refractivity contribution in [3.8, 4) is 5.75 Å². The Labute approximate surface area is 142 Å². The first kappa shape index (κ1) is 15.0. The van der Waals surface area contributed by atoms with Crippen LogP contribution in [0.25, 0.3) is 0 Å². The molecule has 2 aromatic rings. The van der Waals surface area contributed by atoms with Gasteiger partial charge in [0, 0.05) is 17.2 Å². The molecule has 0 saturated heterocycles. The molecule has 0 saturated carbocycles. The number of nitrogens with one attached hydrogen (secondary N) is 1. The van der Waals surface area contributed by atoms with Crippen LogP contribution in [0.1, 0.15) is 46.8 Å². The number of ketones is 1. The second-order valence-corrected chi connectivity index (χ2v) is 6.61. The Morgan fingerprint density at radius 2 is 2.08 bits per heavy atom. The van der Waals surface area contributed by atoms with Gasteiger partial charge < -0.3 is 10.1 Å². The van der Waals surface area contributed by atoms with Gasteiger partial charge >= 0.3 is 0 Å². The molecule has 0 spiro atoms. The first-order valence-corrected chi connectivity index (χ1v) is 8.39. The Bertz CT molecular complexity index is 824. The molecular formula is C21H21NO2. The Hall–Kier alpha value is -2.55. The minimum absolute atomic E-state index is 0.117. The molecule has 2 aliphatic rings. The number of anilines is 1. The van der Waals surface area contributed by atoms with Gasteiger partial charge in [0.05, 0.1) is 13.2 Å². The lowest BCUT2D eigenvalue weighted by Crippen LogP contribution is -2.29. The Morgan fingerprint density at radius 1 is 1.21 bits per heavy atom. The predicted octanol–water partition coefficient (Wildman–Crippen LogP) is 4.72. The Balaban J connectivity index is 1.76. The zero-order valence-electron chi connectivity index (χ0n) is 14.0. The van der Waals surface area contributed by atoms with Crippen LogP contribution in [-0.2, 0) is 0 Å². The number of hydrogen-bond donors (Lipinski definition) is 1. The van der Waals surface area contributed by atoms with E-state index in [1.807, 2.05) is 24.3 Å². The number of Topliss-reactive ketones (excluding diaryl/α,β-unsaturated/α-hetero) is 1. The molecule has 3 unspecified atom stereocenters. The average Bonchev–Trinajstić information content (AvgIpc) is 3.10. The van der Waals surface area contributed by atoms with Crippen LogP contribution in [0.4, 0.5) is 5.69 Å². The highest BCUT2D eigenvalue weighted by Crippen LogP contribution is 2.50. The molecular weight excluding hydrogens is 298 g/mol. The van der Waals surface area contributed by atoms with Gasteiger partial charge in [0.25, 0.3) is 0 Å². The number of ether oxygens (including phenoxy) is 1. The summed E-state index contributed by atoms with van der Waals surface area (Å²) in [6.07, 6.45) is 5.60. The van der Waals surface area contributed by atoms with Crippen LogP contribution in [0.5, 0.6) is 5.75 Å². The third-order valence-electron chi connectivity index (χ3n) is 5.22. The molecule has 0 bridgehead atoms. The summed E-state index contributed by atoms with van der Waals surface area (Å²) in [5.74, 6) is 1.82. The lowest BCUT2D eigenvalue weighted by atomic mass is 9.76. The van der Waals surface area contributed by atoms with Crippen LogP contribution in [0.2, 0.25) is 0 Å². The Kier molecular flexibility index (Phi) is 3.64. The first-order chi connectivity index (χ1) is 11.7. The van der Waals surface area contributed by atoms with Gasteiger partial charge in [-0.3, -0.25) is 4.79 Å². The topological polar surface area (TPSA) is 38.3 Å². The number of benzene rings is 2. The predicted molar refractivity (Wildman–Crippen MR) is 95.8 cm³/mol. The normalized spacial score (nSPS) is 24.0. The van der Waals surface area contributed by atoms with E-state index in [0.717, 1.165) is 23.4 Å². The summed E-state index contributed by atoms with van der Waals surface area (Å²) in [7, 11) is 1.70. The number of hydrogen-bond acceptors (Lipinski definition) is 3. The SMILES string of the molecule is COc1cccc(C2Nc3ccc(C(C)=O)cc3C3C=CCC32)c1. The maximum absolute atomic E-state index is 11.7. The maximum atomic E-state index is 11.7. The van der Waals surface area contributed by atoms with Crippen molar-refractivity contribution in [1.29, 1.82) is 0 Å². The number of carbonyl (C=O) groups is 1. The monoisotopic (exact) mass is 319 g/mol. The fourth-order valence-electron chi connectivity index (χ4n) is 3.98. The maximum Gasteiger partial charge on any atom is 0.159 e. The summed E-state index contributed by atoms with van der Waals surface area (Å²) in [6.45, 7) is 1.62. The number of rotatable bonds is 3. The lowest BCUT2D eigenvalue weighted by molar-refractivity contribution is 0.101. The highest BCUT2D eigenvalue weighted by atomic mass is 16.5. The van der Waals surface area contributed by atoms with E-state index in [0.29, 0.717) is 11.8 Å². The van der Waals surface area contributed by atoms with Crippen molar-refractivity contribution in [2.24, 2.45) is 5.92 Å². The summed E-state index contributed by atoms with van der Waals surface area (Å²) >= 11 is 0. The quantitative estimate of drug-likeness (QED) is 0.657. The second kappa shape index (κ2) is 5.82. The molecule has 0 amide bonds. The molecule has 0 fully saturated rings. The van der Waals surface area contributed by atoms with E-state index in [9.17, 15) is 4.79 Å². The molecule has 3 heteroatoms. The molecule has 3 atom stereocenters. The van der Waals surface area contributed by atoms with Crippen molar-refractivity contribution >= 4 is 11.5 Å². The van der Waals surface area contributed by atoms with Crippen molar-refractivity contribution in [2.75, 3.05) is 12.4 Å². The van der Waals surface area contributed by atoms with Gasteiger partial charge in [-0.05, 0) is 60.7 Å². The largest absolute Gasteiger partial charge is 0.497 e. The van der Waals surface area contributed by atoms with Crippen LogP contribution in [0.15, 0.2) is 54.6 Å². The molecule has 0 aromatic heterocycles. The molecule has 0 radical (unpaired) electrons. The summed E-state index contributed by atoms with van der Waals surface area (Å²) in [5, 5.41) is 3.70. The second-order valence-electron chi connectivity index (χ2n) is 6.61. The molecule has 122 valence electrons. The van der Waals surface area contributed by atoms with Crippen LogP contribution in [-0.4, -0.2) is 12.9 Å². The van der Waals surface area contributed by atoms with Gasteiger partial charge in [0.15, 0.2) is 5.78 Å². The summed E-state index contributed by atoms with van der Waals surface area (Å²) in [5.41, 5.74) is 4.39. The number of carbonyl (C=O) groups excluding carboxylic acids is 1. The van der Waals surface area contributed by atoms with Crippen molar-refractivity contribution in [1.82, 2.24) is 0 Å². The van der Waals surface area contributed by atoms with Gasteiger partial charge in [-0.2, -0.15) is 0 Å². The van der Waals surface area contributed by atoms with Crippen molar-refractivity contribution < 1.29 is 9.53 Å². The van der Waals surface area contributed by atoms with Crippen LogP contribution in [0.3, 0.4) is 0 Å². The zero-order chi connectivity index (χ0) is 16.7. The van der Waals surface area contributed by atoms with Crippen molar-refractivity contribution in [3.63, 3.8) is 0 Å². The van der Waals surface area contributed by atoms with Crippen LogP contribution < -0.4 is 10.1 Å². The van der Waals surface area contributed by atoms with Gasteiger partial charge in [-0.15, -0.1) is 0 Å². The summed E-state index contributed by atoms with van der Waals surface area (Å²) in [6, 6.07) is 14.5. The first-order valence-electron chi connectivity index (χ1n) is 8.39. The minimum atomic E-state index is 0.117. The number of fused-ring (bicyclic) bond motifs is 3. The van der Waals surface area contributed by atoms with E-state index in [1.165, 1.54) is 11.1 Å². The molecule has 2 aromatic carbocycles. The lowest BCUT2D eigenvalue weighted by Gasteiger charge is -2.37. The zero-order valence-corrected chi connectivity index (χ0v) is 14.0. The molecule has 1 N–H and O–H groups in total. The van der Waals surface area contributed by atoms with E-state index >= 15 is 0 Å². The van der Waals surface area contributed by atoms with Crippen LogP contribution >= 0.6 is 0 Å². The number of allylic oxidation sites excluding steroid dienone is 2. The van der Waals surface area contributed by atoms with Crippen molar-refractivity contribution in [2.45, 2.75) is 25.3 Å². The fraction of sp³-hybridized carbons (Fsp3) is 0.286. The van der Waals surface area contributed by atoms with E-state index < -0.39 is 0 Å². The molecule has 1 heterocycles. The third kappa shape index (κ3) is 2.41. The van der Waals surface area contributed by atoms with Gasteiger partial charge in [0.2, 0.25) is 0 Å². The third-order valence-corrected chi connectivity index (χ3v) is 5.22. The van der Waals surface area contributed by atoms with E-state index in [2.05, 4.69) is 35.7 Å².